The quantitative estimate of drug-likeness (QED) is 0.426. The Labute approximate surface area is 189 Å². The number of ether oxygens (including phenoxy) is 4. The maximum absolute atomic E-state index is 12.9. The summed E-state index contributed by atoms with van der Waals surface area (Å²) in [5.74, 6) is 0.529. The first-order chi connectivity index (χ1) is 15.7. The third-order valence-corrected chi connectivity index (χ3v) is 5.87. The van der Waals surface area contributed by atoms with Gasteiger partial charge < -0.3 is 44.5 Å². The summed E-state index contributed by atoms with van der Waals surface area (Å²) < 4.78 is 22.2. The highest BCUT2D eigenvalue weighted by Crippen LogP contribution is 2.41. The van der Waals surface area contributed by atoms with Crippen LogP contribution in [-0.4, -0.2) is 75.7 Å². The lowest BCUT2D eigenvalue weighted by Crippen LogP contribution is -2.60. The fourth-order valence-electron chi connectivity index (χ4n) is 4.10. The lowest BCUT2D eigenvalue weighted by molar-refractivity contribution is -0.277. The van der Waals surface area contributed by atoms with Crippen molar-refractivity contribution in [2.45, 2.75) is 50.2 Å². The third-order valence-electron chi connectivity index (χ3n) is 5.87. The van der Waals surface area contributed by atoms with Crippen LogP contribution in [0.15, 0.2) is 30.3 Å². The second-order valence-corrected chi connectivity index (χ2v) is 8.09. The smallest absolute Gasteiger partial charge is 0.229 e. The minimum absolute atomic E-state index is 0.0759. The normalized spacial score (nSPS) is 29.2. The van der Waals surface area contributed by atoms with Gasteiger partial charge in [-0.2, -0.15) is 0 Å². The zero-order chi connectivity index (χ0) is 23.9. The van der Waals surface area contributed by atoms with Crippen molar-refractivity contribution in [3.63, 3.8) is 0 Å². The molecule has 4 rings (SSSR count). The number of carbonyl (C=O) groups excluding carboxylic acids is 1. The van der Waals surface area contributed by atoms with E-state index >= 15 is 0 Å². The highest BCUT2D eigenvalue weighted by atomic mass is 16.7. The van der Waals surface area contributed by atoms with Crippen molar-refractivity contribution < 1.29 is 49.3 Å². The van der Waals surface area contributed by atoms with E-state index in [1.807, 2.05) is 0 Å². The van der Waals surface area contributed by atoms with Gasteiger partial charge in [-0.25, -0.2) is 0 Å². The minimum Gasteiger partial charge on any atom is -0.504 e. The summed E-state index contributed by atoms with van der Waals surface area (Å²) in [7, 11) is 1.44. The van der Waals surface area contributed by atoms with Gasteiger partial charge in [0.15, 0.2) is 17.3 Å². The maximum atomic E-state index is 12.9. The molecule has 178 valence electrons. The molecule has 1 fully saturated rings. The third kappa shape index (κ3) is 4.35. The summed E-state index contributed by atoms with van der Waals surface area (Å²) in [5.41, 5.74) is 1.56. The number of aliphatic hydroxyl groups is 4. The molecule has 10 nitrogen and oxygen atoms in total. The predicted molar refractivity (Wildman–Crippen MR) is 113 cm³/mol. The van der Waals surface area contributed by atoms with Crippen LogP contribution < -0.4 is 14.2 Å². The lowest BCUT2D eigenvalue weighted by atomic mass is 9.93. The number of hydrogen-bond acceptors (Lipinski definition) is 10. The first-order valence-corrected chi connectivity index (χ1v) is 10.4. The molecular formula is C23H26O10. The fourth-order valence-corrected chi connectivity index (χ4v) is 4.10. The van der Waals surface area contributed by atoms with E-state index in [0.717, 1.165) is 0 Å². The Morgan fingerprint density at radius 1 is 1.09 bits per heavy atom. The van der Waals surface area contributed by atoms with Gasteiger partial charge in [0.1, 0.15) is 42.0 Å². The Kier molecular flexibility index (Phi) is 6.46. The molecule has 2 aliphatic heterocycles. The van der Waals surface area contributed by atoms with E-state index in [0.29, 0.717) is 22.4 Å². The van der Waals surface area contributed by atoms with Crippen LogP contribution in [0.2, 0.25) is 0 Å². The number of methoxy groups -OCH3 is 1. The number of aromatic hydroxyl groups is 1. The maximum Gasteiger partial charge on any atom is 0.229 e. The van der Waals surface area contributed by atoms with Gasteiger partial charge in [-0.15, -0.1) is 0 Å². The number of aliphatic hydroxyl groups excluding tert-OH is 4. The lowest BCUT2D eigenvalue weighted by Gasteiger charge is -2.39. The van der Waals surface area contributed by atoms with Gasteiger partial charge in [0.25, 0.3) is 0 Å². The van der Waals surface area contributed by atoms with Crippen molar-refractivity contribution in [3.05, 3.63) is 47.0 Å². The van der Waals surface area contributed by atoms with E-state index in [9.17, 15) is 30.3 Å². The first-order valence-electron chi connectivity index (χ1n) is 10.4. The molecule has 0 aliphatic carbocycles. The number of rotatable bonds is 5. The highest BCUT2D eigenvalue weighted by Gasteiger charge is 2.45. The molecule has 0 bridgehead atoms. The van der Waals surface area contributed by atoms with Crippen LogP contribution in [-0.2, 0) is 4.74 Å². The molecule has 0 spiro atoms. The second kappa shape index (κ2) is 9.16. The van der Waals surface area contributed by atoms with E-state index < -0.39 is 43.4 Å². The zero-order valence-corrected chi connectivity index (χ0v) is 18.0. The largest absolute Gasteiger partial charge is 0.504 e. The molecule has 0 saturated carbocycles. The summed E-state index contributed by atoms with van der Waals surface area (Å²) in [6, 6.07) is 7.79. The fraction of sp³-hybridized carbons (Fsp3) is 0.435. The summed E-state index contributed by atoms with van der Waals surface area (Å²) >= 11 is 0. The van der Waals surface area contributed by atoms with Crippen molar-refractivity contribution in [2.24, 2.45) is 0 Å². The monoisotopic (exact) mass is 462 g/mol. The Morgan fingerprint density at radius 2 is 1.85 bits per heavy atom. The van der Waals surface area contributed by atoms with Crippen LogP contribution in [0.25, 0.3) is 0 Å². The summed E-state index contributed by atoms with van der Waals surface area (Å²) in [6.45, 7) is 1.13. The SMILES string of the molecule is COc1ccc(C2CC(=O)c3c(C)cc(O[C@@H]4OC(CO)[C@@H](O)C(O)[C@@H]4O)cc3O2)cc1O. The first kappa shape index (κ1) is 23.3. The number of carbonyl (C=O) groups is 1. The van der Waals surface area contributed by atoms with E-state index in [1.165, 1.54) is 19.2 Å². The molecule has 3 unspecified atom stereocenters. The van der Waals surface area contributed by atoms with E-state index in [2.05, 4.69) is 0 Å². The molecular weight excluding hydrogens is 436 g/mol. The molecule has 2 heterocycles. The standard InChI is InChI=1S/C23H26O10/c1-10-5-12(31-23-22(29)21(28)20(27)18(9-24)33-23)7-17-19(10)14(26)8-16(32-17)11-3-4-15(30-2)13(25)6-11/h3-7,16,18,20-25,27-29H,8-9H2,1-2H3/t16?,18?,20-,21?,22+,23-/m1/s1. The molecule has 2 aliphatic rings. The molecule has 2 aromatic rings. The number of benzene rings is 2. The molecule has 0 aromatic heterocycles. The molecule has 10 heteroatoms. The Hall–Kier alpha value is -2.89. The number of phenols is 1. The van der Waals surface area contributed by atoms with Crippen LogP contribution in [0, 0.1) is 6.92 Å². The van der Waals surface area contributed by atoms with Gasteiger partial charge in [0, 0.05) is 6.07 Å². The van der Waals surface area contributed by atoms with Crippen LogP contribution in [0.5, 0.6) is 23.0 Å². The molecule has 5 N–H and O–H groups in total. The van der Waals surface area contributed by atoms with Gasteiger partial charge >= 0.3 is 0 Å². The number of Topliss-reactive ketones (excluding diaryl/α,β-unsaturated/α-hetero) is 1. The van der Waals surface area contributed by atoms with Crippen LogP contribution in [0.1, 0.15) is 34.0 Å². The Bertz CT molecular complexity index is 1040. The van der Waals surface area contributed by atoms with Gasteiger partial charge in [-0.3, -0.25) is 4.79 Å². The van der Waals surface area contributed by atoms with Crippen molar-refractivity contribution in [2.75, 3.05) is 13.7 Å². The van der Waals surface area contributed by atoms with Crippen molar-refractivity contribution in [1.82, 2.24) is 0 Å². The number of phenolic OH excluding ortho intramolecular Hbond substituents is 1. The second-order valence-electron chi connectivity index (χ2n) is 8.09. The van der Waals surface area contributed by atoms with E-state index in [1.54, 1.807) is 25.1 Å². The van der Waals surface area contributed by atoms with E-state index in [4.69, 9.17) is 18.9 Å². The molecule has 1 saturated heterocycles. The van der Waals surface area contributed by atoms with Crippen LogP contribution >= 0.6 is 0 Å². The average Bonchev–Trinajstić information content (AvgIpc) is 2.78. The molecule has 33 heavy (non-hydrogen) atoms. The van der Waals surface area contributed by atoms with Gasteiger partial charge in [-0.1, -0.05) is 6.07 Å². The van der Waals surface area contributed by atoms with Gasteiger partial charge in [0.2, 0.25) is 6.29 Å². The summed E-state index contributed by atoms with van der Waals surface area (Å²) in [4.78, 5) is 12.9. The van der Waals surface area contributed by atoms with E-state index in [-0.39, 0.29) is 29.5 Å². The van der Waals surface area contributed by atoms with Crippen LogP contribution in [0.3, 0.4) is 0 Å². The zero-order valence-electron chi connectivity index (χ0n) is 18.0. The predicted octanol–water partition coefficient (Wildman–Crippen LogP) is 0.594. The molecule has 6 atom stereocenters. The number of fused-ring (bicyclic) bond motifs is 1. The Morgan fingerprint density at radius 3 is 2.52 bits per heavy atom. The number of aryl methyl sites for hydroxylation is 1. The summed E-state index contributed by atoms with van der Waals surface area (Å²) in [5, 5.41) is 49.6. The van der Waals surface area contributed by atoms with Gasteiger partial charge in [0.05, 0.1) is 25.7 Å². The minimum atomic E-state index is -1.58. The summed E-state index contributed by atoms with van der Waals surface area (Å²) in [6.07, 6.45) is -7.71. The van der Waals surface area contributed by atoms with Gasteiger partial charge in [-0.05, 0) is 36.2 Å². The topological polar surface area (TPSA) is 155 Å². The Balaban J connectivity index is 1.60. The number of ketones is 1. The number of hydrogen-bond donors (Lipinski definition) is 5. The molecule has 2 aromatic carbocycles. The van der Waals surface area contributed by atoms with Crippen molar-refractivity contribution >= 4 is 5.78 Å². The van der Waals surface area contributed by atoms with Crippen LogP contribution in [0.4, 0.5) is 0 Å². The molecule has 0 radical (unpaired) electrons. The average molecular weight is 462 g/mol. The van der Waals surface area contributed by atoms with Crippen molar-refractivity contribution in [1.29, 1.82) is 0 Å². The van der Waals surface area contributed by atoms with Crippen molar-refractivity contribution in [3.8, 4) is 23.0 Å². The molecule has 0 amide bonds. The highest BCUT2D eigenvalue weighted by molar-refractivity contribution is 6.01.